The summed E-state index contributed by atoms with van der Waals surface area (Å²) in [5.74, 6) is 1.44. The summed E-state index contributed by atoms with van der Waals surface area (Å²) < 4.78 is 10.5. The molecule has 2 aromatic rings. The molecule has 0 fully saturated rings. The highest BCUT2D eigenvalue weighted by Gasteiger charge is 2.16. The highest BCUT2D eigenvalue weighted by Crippen LogP contribution is 2.37. The lowest BCUT2D eigenvalue weighted by Gasteiger charge is -2.10. The molecule has 5 heteroatoms. The van der Waals surface area contributed by atoms with E-state index in [0.29, 0.717) is 18.0 Å². The van der Waals surface area contributed by atoms with Gasteiger partial charge in [0.2, 0.25) is 6.79 Å². The molecule has 0 spiro atoms. The summed E-state index contributed by atoms with van der Waals surface area (Å²) in [4.78, 5) is 4.07. The van der Waals surface area contributed by atoms with Crippen molar-refractivity contribution < 1.29 is 14.6 Å². The van der Waals surface area contributed by atoms with Gasteiger partial charge in [-0.15, -0.1) is 0 Å². The Hall–Kier alpha value is -2.43. The molecule has 1 aromatic heterocycles. The SMILES string of the molecule is Cc1ccncc1NCc1cc2c(cc1O)OCO2. The zero-order valence-electron chi connectivity index (χ0n) is 10.5. The van der Waals surface area contributed by atoms with Gasteiger partial charge >= 0.3 is 0 Å². The van der Waals surface area contributed by atoms with Gasteiger partial charge in [-0.05, 0) is 24.6 Å². The van der Waals surface area contributed by atoms with Gasteiger partial charge in [0.1, 0.15) is 5.75 Å². The topological polar surface area (TPSA) is 63.6 Å². The largest absolute Gasteiger partial charge is 0.507 e. The second-order valence-corrected chi connectivity index (χ2v) is 4.38. The van der Waals surface area contributed by atoms with Gasteiger partial charge in [0, 0.05) is 24.4 Å². The summed E-state index contributed by atoms with van der Waals surface area (Å²) in [6, 6.07) is 5.30. The Morgan fingerprint density at radius 1 is 1.32 bits per heavy atom. The number of aromatic hydroxyl groups is 1. The van der Waals surface area contributed by atoms with E-state index in [4.69, 9.17) is 9.47 Å². The first-order valence-corrected chi connectivity index (χ1v) is 6.00. The average Bonchev–Trinajstić information content (AvgIpc) is 2.84. The van der Waals surface area contributed by atoms with Crippen LogP contribution in [0, 0.1) is 6.92 Å². The fraction of sp³-hybridized carbons (Fsp3) is 0.214. The second-order valence-electron chi connectivity index (χ2n) is 4.38. The van der Waals surface area contributed by atoms with Gasteiger partial charge < -0.3 is 19.9 Å². The van der Waals surface area contributed by atoms with Crippen molar-refractivity contribution in [2.24, 2.45) is 0 Å². The highest BCUT2D eigenvalue weighted by molar-refractivity contribution is 5.54. The first-order valence-electron chi connectivity index (χ1n) is 6.00. The predicted octanol–water partition coefficient (Wildman–Crippen LogP) is 2.44. The fourth-order valence-electron chi connectivity index (χ4n) is 1.95. The number of nitrogens with zero attached hydrogens (tertiary/aromatic N) is 1. The van der Waals surface area contributed by atoms with Gasteiger partial charge in [-0.25, -0.2) is 0 Å². The molecule has 0 atom stereocenters. The van der Waals surface area contributed by atoms with E-state index in [9.17, 15) is 5.11 Å². The average molecular weight is 258 g/mol. The summed E-state index contributed by atoms with van der Waals surface area (Å²) in [5.41, 5.74) is 2.81. The monoisotopic (exact) mass is 258 g/mol. The third-order valence-corrected chi connectivity index (χ3v) is 3.08. The smallest absolute Gasteiger partial charge is 0.231 e. The van der Waals surface area contributed by atoms with E-state index in [1.165, 1.54) is 0 Å². The number of ether oxygens (including phenoxy) is 2. The lowest BCUT2D eigenvalue weighted by Crippen LogP contribution is -2.01. The Balaban J connectivity index is 1.79. The molecule has 0 saturated carbocycles. The molecule has 0 bridgehead atoms. The summed E-state index contributed by atoms with van der Waals surface area (Å²) >= 11 is 0. The molecule has 1 aliphatic rings. The number of nitrogens with one attached hydrogen (secondary N) is 1. The lowest BCUT2D eigenvalue weighted by molar-refractivity contribution is 0.174. The predicted molar refractivity (Wildman–Crippen MR) is 70.5 cm³/mol. The summed E-state index contributed by atoms with van der Waals surface area (Å²) in [7, 11) is 0. The molecule has 0 amide bonds. The number of phenolic OH excluding ortho intramolecular Hbond substituents is 1. The summed E-state index contributed by atoms with van der Waals surface area (Å²) in [6.07, 6.45) is 3.51. The molecule has 0 unspecified atom stereocenters. The number of hydrogen-bond donors (Lipinski definition) is 2. The molecule has 1 aliphatic heterocycles. The Morgan fingerprint density at radius 2 is 2.11 bits per heavy atom. The first kappa shape index (κ1) is 11.6. The Labute approximate surface area is 110 Å². The third kappa shape index (κ3) is 2.27. The number of aryl methyl sites for hydroxylation is 1. The van der Waals surface area contributed by atoms with Crippen LogP contribution in [0.2, 0.25) is 0 Å². The number of hydrogen-bond acceptors (Lipinski definition) is 5. The molecule has 19 heavy (non-hydrogen) atoms. The first-order chi connectivity index (χ1) is 9.24. The van der Waals surface area contributed by atoms with E-state index in [1.54, 1.807) is 24.5 Å². The van der Waals surface area contributed by atoms with Gasteiger partial charge in [-0.2, -0.15) is 0 Å². The van der Waals surface area contributed by atoms with Gasteiger partial charge in [-0.3, -0.25) is 4.98 Å². The number of aromatic nitrogens is 1. The van der Waals surface area contributed by atoms with Crippen LogP contribution in [0.5, 0.6) is 17.2 Å². The van der Waals surface area contributed by atoms with Crippen LogP contribution in [0.1, 0.15) is 11.1 Å². The van der Waals surface area contributed by atoms with Gasteiger partial charge in [0.05, 0.1) is 11.9 Å². The normalized spacial score (nSPS) is 12.5. The van der Waals surface area contributed by atoms with Crippen LogP contribution in [0.15, 0.2) is 30.6 Å². The van der Waals surface area contributed by atoms with E-state index >= 15 is 0 Å². The third-order valence-electron chi connectivity index (χ3n) is 3.08. The molecule has 0 saturated heterocycles. The Bertz CT molecular complexity index is 614. The van der Waals surface area contributed by atoms with Crippen molar-refractivity contribution in [2.45, 2.75) is 13.5 Å². The van der Waals surface area contributed by atoms with Crippen LogP contribution in [0.3, 0.4) is 0 Å². The van der Waals surface area contributed by atoms with Crippen LogP contribution in [0.4, 0.5) is 5.69 Å². The van der Waals surface area contributed by atoms with Crippen molar-refractivity contribution in [1.82, 2.24) is 4.98 Å². The molecule has 3 rings (SSSR count). The van der Waals surface area contributed by atoms with Gasteiger partial charge in [-0.1, -0.05) is 0 Å². The van der Waals surface area contributed by atoms with Crippen LogP contribution in [-0.4, -0.2) is 16.9 Å². The van der Waals surface area contributed by atoms with Crippen molar-refractivity contribution in [2.75, 3.05) is 12.1 Å². The summed E-state index contributed by atoms with van der Waals surface area (Å²) in [6.45, 7) is 2.70. The number of benzene rings is 1. The van der Waals surface area contributed by atoms with E-state index in [1.807, 2.05) is 13.0 Å². The number of rotatable bonds is 3. The zero-order chi connectivity index (χ0) is 13.2. The van der Waals surface area contributed by atoms with Crippen LogP contribution < -0.4 is 14.8 Å². The number of phenols is 1. The molecule has 98 valence electrons. The highest BCUT2D eigenvalue weighted by atomic mass is 16.7. The molecule has 0 aliphatic carbocycles. The van der Waals surface area contributed by atoms with E-state index in [0.717, 1.165) is 16.8 Å². The van der Waals surface area contributed by atoms with E-state index in [-0.39, 0.29) is 12.5 Å². The number of pyridine rings is 1. The molecular weight excluding hydrogens is 244 g/mol. The van der Waals surface area contributed by atoms with Crippen LogP contribution in [-0.2, 0) is 6.54 Å². The van der Waals surface area contributed by atoms with Gasteiger partial charge in [0.15, 0.2) is 11.5 Å². The maximum Gasteiger partial charge on any atom is 0.231 e. The number of fused-ring (bicyclic) bond motifs is 1. The fourth-order valence-corrected chi connectivity index (χ4v) is 1.95. The van der Waals surface area contributed by atoms with Crippen LogP contribution in [0.25, 0.3) is 0 Å². The van der Waals surface area contributed by atoms with Crippen molar-refractivity contribution in [3.05, 3.63) is 41.7 Å². The van der Waals surface area contributed by atoms with Crippen molar-refractivity contribution >= 4 is 5.69 Å². The maximum atomic E-state index is 9.93. The molecule has 0 radical (unpaired) electrons. The molecule has 2 N–H and O–H groups in total. The molecule has 1 aromatic carbocycles. The van der Waals surface area contributed by atoms with E-state index in [2.05, 4.69) is 10.3 Å². The van der Waals surface area contributed by atoms with Crippen molar-refractivity contribution in [3.8, 4) is 17.2 Å². The molecule has 2 heterocycles. The van der Waals surface area contributed by atoms with E-state index < -0.39 is 0 Å². The molecule has 5 nitrogen and oxygen atoms in total. The number of anilines is 1. The quantitative estimate of drug-likeness (QED) is 0.885. The second kappa shape index (κ2) is 4.68. The zero-order valence-corrected chi connectivity index (χ0v) is 10.5. The van der Waals surface area contributed by atoms with Crippen molar-refractivity contribution in [3.63, 3.8) is 0 Å². The summed E-state index contributed by atoms with van der Waals surface area (Å²) in [5, 5.41) is 13.2. The minimum atomic E-state index is 0.193. The van der Waals surface area contributed by atoms with Crippen molar-refractivity contribution in [1.29, 1.82) is 0 Å². The standard InChI is InChI=1S/C14H14N2O3/c1-9-2-3-15-7-11(9)16-6-10-4-13-14(5-12(10)17)19-8-18-13/h2-5,7,16-17H,6,8H2,1H3. The minimum Gasteiger partial charge on any atom is -0.507 e. The van der Waals surface area contributed by atoms with Gasteiger partial charge in [0.25, 0.3) is 0 Å². The Morgan fingerprint density at radius 3 is 2.89 bits per heavy atom. The minimum absolute atomic E-state index is 0.193. The van der Waals surface area contributed by atoms with Crippen LogP contribution >= 0.6 is 0 Å². The Kier molecular flexibility index (Phi) is 2.87. The molecular formula is C14H14N2O3. The lowest BCUT2D eigenvalue weighted by atomic mass is 10.1. The maximum absolute atomic E-state index is 9.93.